The highest BCUT2D eigenvalue weighted by Crippen LogP contribution is 2.28. The SMILES string of the molecule is CC1(C)CNC(C)(C)C(=O)N(c2ccc(F)cc2)C1. The molecule has 0 aromatic heterocycles. The number of benzene rings is 1. The predicted octanol–water partition coefficient (Wildman–Crippen LogP) is 2.57. The first-order chi connectivity index (χ1) is 8.71. The van der Waals surface area contributed by atoms with E-state index in [4.69, 9.17) is 0 Å². The lowest BCUT2D eigenvalue weighted by molar-refractivity contribution is -0.123. The van der Waals surface area contributed by atoms with Crippen molar-refractivity contribution in [3.63, 3.8) is 0 Å². The summed E-state index contributed by atoms with van der Waals surface area (Å²) in [4.78, 5) is 14.4. The summed E-state index contributed by atoms with van der Waals surface area (Å²) in [5, 5.41) is 3.31. The smallest absolute Gasteiger partial charge is 0.246 e. The molecule has 1 N–H and O–H groups in total. The predicted molar refractivity (Wildman–Crippen MR) is 74.6 cm³/mol. The zero-order valence-corrected chi connectivity index (χ0v) is 12.0. The van der Waals surface area contributed by atoms with Crippen LogP contribution in [0.25, 0.3) is 0 Å². The fourth-order valence-electron chi connectivity index (χ4n) is 2.26. The normalized spacial score (nSPS) is 22.2. The van der Waals surface area contributed by atoms with E-state index in [9.17, 15) is 9.18 Å². The lowest BCUT2D eigenvalue weighted by Gasteiger charge is -2.30. The van der Waals surface area contributed by atoms with Crippen molar-refractivity contribution in [2.24, 2.45) is 5.41 Å². The zero-order chi connectivity index (χ0) is 14.3. The molecule has 1 heterocycles. The van der Waals surface area contributed by atoms with Gasteiger partial charge in [-0.05, 0) is 43.5 Å². The molecule has 1 amide bonds. The van der Waals surface area contributed by atoms with Gasteiger partial charge in [0.1, 0.15) is 5.82 Å². The molecule has 0 aliphatic carbocycles. The summed E-state index contributed by atoms with van der Waals surface area (Å²) in [5.74, 6) is -0.271. The van der Waals surface area contributed by atoms with Gasteiger partial charge in [0.25, 0.3) is 0 Å². The average Bonchev–Trinajstić information content (AvgIpc) is 2.41. The third-order valence-electron chi connectivity index (χ3n) is 3.51. The zero-order valence-electron chi connectivity index (χ0n) is 12.0. The number of halogens is 1. The lowest BCUT2D eigenvalue weighted by Crippen LogP contribution is -2.51. The summed E-state index contributed by atoms with van der Waals surface area (Å²) in [7, 11) is 0. The van der Waals surface area contributed by atoms with Crippen molar-refractivity contribution in [1.82, 2.24) is 5.32 Å². The molecule has 0 spiro atoms. The molecule has 1 aromatic carbocycles. The summed E-state index contributed by atoms with van der Waals surface area (Å²) < 4.78 is 13.0. The maximum atomic E-state index is 13.0. The molecule has 104 valence electrons. The molecular formula is C15H21FN2O. The van der Waals surface area contributed by atoms with E-state index in [0.29, 0.717) is 6.54 Å². The van der Waals surface area contributed by atoms with Crippen molar-refractivity contribution in [3.05, 3.63) is 30.1 Å². The van der Waals surface area contributed by atoms with Gasteiger partial charge in [-0.1, -0.05) is 13.8 Å². The summed E-state index contributed by atoms with van der Waals surface area (Å²) in [6.07, 6.45) is 0. The van der Waals surface area contributed by atoms with Crippen LogP contribution in [-0.2, 0) is 4.79 Å². The van der Waals surface area contributed by atoms with Crippen LogP contribution in [0, 0.1) is 11.2 Å². The van der Waals surface area contributed by atoms with Crippen LogP contribution in [-0.4, -0.2) is 24.5 Å². The van der Waals surface area contributed by atoms with Gasteiger partial charge in [0.2, 0.25) is 5.91 Å². The van der Waals surface area contributed by atoms with E-state index in [-0.39, 0.29) is 17.1 Å². The second-order valence-corrected chi connectivity index (χ2v) is 6.51. The third kappa shape index (κ3) is 2.95. The Morgan fingerprint density at radius 1 is 1.16 bits per heavy atom. The molecular weight excluding hydrogens is 243 g/mol. The average molecular weight is 264 g/mol. The van der Waals surface area contributed by atoms with Crippen LogP contribution >= 0.6 is 0 Å². The van der Waals surface area contributed by atoms with Gasteiger partial charge in [-0.25, -0.2) is 4.39 Å². The maximum absolute atomic E-state index is 13.0. The van der Waals surface area contributed by atoms with Crippen LogP contribution in [0.4, 0.5) is 10.1 Å². The molecule has 0 bridgehead atoms. The number of amides is 1. The van der Waals surface area contributed by atoms with Crippen LogP contribution in [0.1, 0.15) is 27.7 Å². The van der Waals surface area contributed by atoms with Gasteiger partial charge >= 0.3 is 0 Å². The van der Waals surface area contributed by atoms with Gasteiger partial charge in [0, 0.05) is 18.8 Å². The summed E-state index contributed by atoms with van der Waals surface area (Å²) in [6, 6.07) is 6.09. The van der Waals surface area contributed by atoms with Crippen molar-refractivity contribution in [1.29, 1.82) is 0 Å². The molecule has 1 aliphatic rings. The number of hydrogen-bond donors (Lipinski definition) is 1. The Morgan fingerprint density at radius 2 is 1.74 bits per heavy atom. The molecule has 0 atom stereocenters. The van der Waals surface area contributed by atoms with Gasteiger partial charge in [-0.15, -0.1) is 0 Å². The Kier molecular flexibility index (Phi) is 3.39. The third-order valence-corrected chi connectivity index (χ3v) is 3.51. The highest BCUT2D eigenvalue weighted by atomic mass is 19.1. The second-order valence-electron chi connectivity index (χ2n) is 6.51. The maximum Gasteiger partial charge on any atom is 0.246 e. The molecule has 0 saturated carbocycles. The van der Waals surface area contributed by atoms with Crippen LogP contribution < -0.4 is 10.2 Å². The van der Waals surface area contributed by atoms with E-state index in [2.05, 4.69) is 19.2 Å². The van der Waals surface area contributed by atoms with Crippen LogP contribution in [0.2, 0.25) is 0 Å². The second kappa shape index (κ2) is 4.60. The van der Waals surface area contributed by atoms with E-state index in [1.807, 2.05) is 13.8 Å². The van der Waals surface area contributed by atoms with Crippen LogP contribution in [0.5, 0.6) is 0 Å². The highest BCUT2D eigenvalue weighted by Gasteiger charge is 2.39. The molecule has 4 heteroatoms. The lowest BCUT2D eigenvalue weighted by atomic mass is 9.93. The van der Waals surface area contributed by atoms with Crippen molar-refractivity contribution in [3.8, 4) is 0 Å². The first-order valence-electron chi connectivity index (χ1n) is 6.54. The van der Waals surface area contributed by atoms with Crippen LogP contribution in [0.3, 0.4) is 0 Å². The molecule has 2 rings (SSSR count). The molecule has 19 heavy (non-hydrogen) atoms. The molecule has 1 fully saturated rings. The Balaban J connectivity index is 2.39. The summed E-state index contributed by atoms with van der Waals surface area (Å²) in [5.41, 5.74) is 0.108. The summed E-state index contributed by atoms with van der Waals surface area (Å²) in [6.45, 7) is 9.38. The topological polar surface area (TPSA) is 32.3 Å². The number of carbonyl (C=O) groups is 1. The van der Waals surface area contributed by atoms with Gasteiger partial charge in [-0.2, -0.15) is 0 Å². The van der Waals surface area contributed by atoms with Crippen LogP contribution in [0.15, 0.2) is 24.3 Å². The Hall–Kier alpha value is -1.42. The number of nitrogens with zero attached hydrogens (tertiary/aromatic N) is 1. The number of hydrogen-bond acceptors (Lipinski definition) is 2. The fraction of sp³-hybridized carbons (Fsp3) is 0.533. The fourth-order valence-corrected chi connectivity index (χ4v) is 2.26. The number of carbonyl (C=O) groups excluding carboxylic acids is 1. The molecule has 3 nitrogen and oxygen atoms in total. The number of rotatable bonds is 1. The van der Waals surface area contributed by atoms with Crippen molar-refractivity contribution in [2.75, 3.05) is 18.0 Å². The molecule has 1 saturated heterocycles. The van der Waals surface area contributed by atoms with E-state index >= 15 is 0 Å². The highest BCUT2D eigenvalue weighted by molar-refractivity contribution is 6.00. The standard InChI is InChI=1S/C15H21FN2O/c1-14(2)9-17-15(3,4)13(19)18(10-14)12-7-5-11(16)6-8-12/h5-8,17H,9-10H2,1-4H3. The largest absolute Gasteiger partial charge is 0.310 e. The number of anilines is 1. The van der Waals surface area contributed by atoms with E-state index < -0.39 is 5.54 Å². The van der Waals surface area contributed by atoms with E-state index in [1.165, 1.54) is 12.1 Å². The van der Waals surface area contributed by atoms with Gasteiger partial charge < -0.3 is 10.2 Å². The molecule has 1 aromatic rings. The van der Waals surface area contributed by atoms with Crippen molar-refractivity contribution < 1.29 is 9.18 Å². The van der Waals surface area contributed by atoms with Crippen molar-refractivity contribution in [2.45, 2.75) is 33.2 Å². The van der Waals surface area contributed by atoms with Gasteiger partial charge in [0.05, 0.1) is 5.54 Å². The number of nitrogens with one attached hydrogen (secondary N) is 1. The minimum Gasteiger partial charge on any atom is -0.310 e. The first kappa shape index (κ1) is 14.0. The molecule has 1 aliphatic heterocycles. The van der Waals surface area contributed by atoms with Crippen molar-refractivity contribution >= 4 is 11.6 Å². The minimum atomic E-state index is -0.609. The van der Waals surface area contributed by atoms with Gasteiger partial charge in [-0.3, -0.25) is 4.79 Å². The Labute approximate surface area is 113 Å². The van der Waals surface area contributed by atoms with E-state index in [0.717, 1.165) is 12.2 Å². The monoisotopic (exact) mass is 264 g/mol. The van der Waals surface area contributed by atoms with Gasteiger partial charge in [0.15, 0.2) is 0 Å². The molecule has 0 radical (unpaired) electrons. The Morgan fingerprint density at radius 3 is 2.32 bits per heavy atom. The summed E-state index contributed by atoms with van der Waals surface area (Å²) >= 11 is 0. The minimum absolute atomic E-state index is 0.0182. The quantitative estimate of drug-likeness (QED) is 0.845. The first-order valence-corrected chi connectivity index (χ1v) is 6.54. The van der Waals surface area contributed by atoms with E-state index in [1.54, 1.807) is 17.0 Å². The Bertz CT molecular complexity index is 479. The molecule has 0 unspecified atom stereocenters.